The van der Waals surface area contributed by atoms with Gasteiger partial charge in [-0.15, -0.1) is 10.2 Å². The average molecular weight is 492 g/mol. The van der Waals surface area contributed by atoms with Gasteiger partial charge in [-0.25, -0.2) is 0 Å². The molecule has 0 saturated carbocycles. The van der Waals surface area contributed by atoms with Gasteiger partial charge in [-0.3, -0.25) is 4.40 Å². The number of pyridine rings is 1. The summed E-state index contributed by atoms with van der Waals surface area (Å²) in [5.41, 5.74) is 8.86. The monoisotopic (exact) mass is 491 g/mol. The Morgan fingerprint density at radius 3 is 1.81 bits per heavy atom. The Balaban J connectivity index is 1.89. The molecule has 0 saturated heterocycles. The molecule has 3 nitrogen and oxygen atoms in total. The first kappa shape index (κ1) is 25.4. The fraction of sp³-hybridized carbons (Fsp3) is 0.412. The van der Waals surface area contributed by atoms with Crippen LogP contribution in [0.1, 0.15) is 75.6 Å². The molecule has 2 heterocycles. The number of fused-ring (bicyclic) bond motifs is 6. The van der Waals surface area contributed by atoms with Gasteiger partial charge in [0.25, 0.3) is 0 Å². The molecule has 5 rings (SSSR count). The molecule has 0 atom stereocenters. The van der Waals surface area contributed by atoms with E-state index in [9.17, 15) is 0 Å². The van der Waals surface area contributed by atoms with E-state index < -0.39 is 0 Å². The lowest BCUT2D eigenvalue weighted by atomic mass is 9.85. The summed E-state index contributed by atoms with van der Waals surface area (Å²) < 4.78 is 2.34. The number of rotatable bonds is 9. The lowest BCUT2D eigenvalue weighted by Crippen LogP contribution is -2.09. The van der Waals surface area contributed by atoms with Crippen LogP contribution in [0.4, 0.5) is 0 Å². The molecule has 2 aromatic heterocycles. The van der Waals surface area contributed by atoms with Crippen LogP contribution in [0.5, 0.6) is 0 Å². The minimum Gasteiger partial charge on any atom is -0.274 e. The van der Waals surface area contributed by atoms with Crippen molar-refractivity contribution in [2.75, 3.05) is 0 Å². The van der Waals surface area contributed by atoms with Crippen LogP contribution in [0.3, 0.4) is 0 Å². The summed E-state index contributed by atoms with van der Waals surface area (Å²) >= 11 is 0. The van der Waals surface area contributed by atoms with Gasteiger partial charge in [-0.1, -0.05) is 95.8 Å². The van der Waals surface area contributed by atoms with Gasteiger partial charge in [0, 0.05) is 16.3 Å². The van der Waals surface area contributed by atoms with Crippen molar-refractivity contribution in [1.29, 1.82) is 0 Å². The number of hydrogen-bond donors (Lipinski definition) is 0. The molecule has 0 spiro atoms. The summed E-state index contributed by atoms with van der Waals surface area (Å²) in [4.78, 5) is 0. The van der Waals surface area contributed by atoms with Crippen molar-refractivity contribution in [3.05, 3.63) is 76.9 Å². The highest BCUT2D eigenvalue weighted by atomic mass is 15.2. The molecule has 192 valence electrons. The molecular formula is C34H41N3. The van der Waals surface area contributed by atoms with Crippen molar-refractivity contribution in [3.63, 3.8) is 0 Å². The summed E-state index contributed by atoms with van der Waals surface area (Å²) in [6, 6.07) is 20.2. The molecule has 0 unspecified atom stereocenters. The maximum absolute atomic E-state index is 4.82. The van der Waals surface area contributed by atoms with Crippen LogP contribution >= 0.6 is 0 Å². The molecule has 3 heteroatoms. The highest BCUT2D eigenvalue weighted by Crippen LogP contribution is 2.36. The van der Waals surface area contributed by atoms with E-state index in [1.165, 1.54) is 75.2 Å². The lowest BCUT2D eigenvalue weighted by molar-refractivity contribution is 0.472. The quantitative estimate of drug-likeness (QED) is 0.192. The standard InChI is InChI=1S/C34H41N3/c1-7-24(8-2)18-26-20-30-28-16-11-12-17-29(28)33-35-36-34(32-22(5)14-13-15-23(32)6)37(33)31(30)21-27(26)19-25(9-3)10-4/h11-17,20-21,24-25H,7-10,18-19H2,1-6H3. The van der Waals surface area contributed by atoms with E-state index in [0.29, 0.717) is 11.8 Å². The number of benzene rings is 3. The Labute approximate surface area is 221 Å². The fourth-order valence-electron chi connectivity index (χ4n) is 6.16. The van der Waals surface area contributed by atoms with E-state index in [-0.39, 0.29) is 0 Å². The first-order chi connectivity index (χ1) is 18.0. The molecule has 3 aromatic carbocycles. The third-order valence-electron chi connectivity index (χ3n) is 8.71. The summed E-state index contributed by atoms with van der Waals surface area (Å²) in [7, 11) is 0. The Kier molecular flexibility index (Phi) is 7.33. The summed E-state index contributed by atoms with van der Waals surface area (Å²) in [6.07, 6.45) is 7.16. The van der Waals surface area contributed by atoms with Crippen LogP contribution in [0.15, 0.2) is 54.6 Å². The Bertz CT molecular complexity index is 1530. The van der Waals surface area contributed by atoms with Gasteiger partial charge >= 0.3 is 0 Å². The van der Waals surface area contributed by atoms with Crippen molar-refractivity contribution >= 4 is 27.3 Å². The maximum atomic E-state index is 4.82. The topological polar surface area (TPSA) is 30.2 Å². The van der Waals surface area contributed by atoms with E-state index in [0.717, 1.165) is 24.3 Å². The second kappa shape index (κ2) is 10.7. The Hall–Kier alpha value is -3.20. The molecule has 0 amide bonds. The molecule has 37 heavy (non-hydrogen) atoms. The third-order valence-corrected chi connectivity index (χ3v) is 8.71. The van der Waals surface area contributed by atoms with Gasteiger partial charge < -0.3 is 0 Å². The molecule has 0 aliphatic carbocycles. The predicted octanol–water partition coefficient (Wildman–Crippen LogP) is 9.28. The van der Waals surface area contributed by atoms with Crippen molar-refractivity contribution in [1.82, 2.24) is 14.6 Å². The van der Waals surface area contributed by atoms with Gasteiger partial charge in [0.2, 0.25) is 0 Å². The van der Waals surface area contributed by atoms with Crippen LogP contribution in [0.2, 0.25) is 0 Å². The molecule has 0 fully saturated rings. The minimum absolute atomic E-state index is 0.702. The Morgan fingerprint density at radius 2 is 1.22 bits per heavy atom. The predicted molar refractivity (Wildman–Crippen MR) is 158 cm³/mol. The number of aromatic nitrogens is 3. The zero-order valence-corrected chi connectivity index (χ0v) is 23.4. The largest absolute Gasteiger partial charge is 0.274 e. The smallest absolute Gasteiger partial charge is 0.169 e. The molecule has 0 aliphatic rings. The van der Waals surface area contributed by atoms with Gasteiger partial charge in [0.1, 0.15) is 0 Å². The first-order valence-corrected chi connectivity index (χ1v) is 14.3. The van der Waals surface area contributed by atoms with Gasteiger partial charge in [0.05, 0.1) is 5.52 Å². The molecular weight excluding hydrogens is 450 g/mol. The average Bonchev–Trinajstić information content (AvgIpc) is 3.35. The van der Waals surface area contributed by atoms with E-state index in [2.05, 4.69) is 101 Å². The maximum Gasteiger partial charge on any atom is 0.169 e. The van der Waals surface area contributed by atoms with Crippen LogP contribution in [-0.2, 0) is 12.8 Å². The van der Waals surface area contributed by atoms with Crippen LogP contribution in [0.25, 0.3) is 38.7 Å². The van der Waals surface area contributed by atoms with Crippen molar-refractivity contribution in [2.24, 2.45) is 11.8 Å². The summed E-state index contributed by atoms with van der Waals surface area (Å²) in [5, 5.41) is 13.4. The zero-order chi connectivity index (χ0) is 26.1. The Morgan fingerprint density at radius 1 is 0.649 bits per heavy atom. The van der Waals surface area contributed by atoms with E-state index in [4.69, 9.17) is 10.2 Å². The van der Waals surface area contributed by atoms with E-state index in [1.54, 1.807) is 0 Å². The van der Waals surface area contributed by atoms with Gasteiger partial charge in [0.15, 0.2) is 11.5 Å². The number of nitrogens with zero attached hydrogens (tertiary/aromatic N) is 3. The van der Waals surface area contributed by atoms with E-state index >= 15 is 0 Å². The number of hydrogen-bond acceptors (Lipinski definition) is 2. The van der Waals surface area contributed by atoms with Crippen LogP contribution in [-0.4, -0.2) is 14.6 Å². The lowest BCUT2D eigenvalue weighted by Gasteiger charge is -2.21. The van der Waals surface area contributed by atoms with Gasteiger partial charge in [-0.2, -0.15) is 0 Å². The van der Waals surface area contributed by atoms with Crippen LogP contribution in [0, 0.1) is 25.7 Å². The van der Waals surface area contributed by atoms with Crippen molar-refractivity contribution in [2.45, 2.75) is 80.1 Å². The highest BCUT2D eigenvalue weighted by Gasteiger charge is 2.21. The normalized spacial score (nSPS) is 12.1. The highest BCUT2D eigenvalue weighted by molar-refractivity contribution is 6.12. The summed E-state index contributed by atoms with van der Waals surface area (Å²) in [5.74, 6) is 2.36. The molecule has 0 N–H and O–H groups in total. The first-order valence-electron chi connectivity index (χ1n) is 14.3. The third kappa shape index (κ3) is 4.54. The second-order valence-corrected chi connectivity index (χ2v) is 10.9. The van der Waals surface area contributed by atoms with Crippen molar-refractivity contribution < 1.29 is 0 Å². The molecule has 0 radical (unpaired) electrons. The van der Waals surface area contributed by atoms with Crippen LogP contribution < -0.4 is 0 Å². The molecule has 0 bridgehead atoms. The van der Waals surface area contributed by atoms with E-state index in [1.807, 2.05) is 0 Å². The zero-order valence-electron chi connectivity index (χ0n) is 23.4. The minimum atomic E-state index is 0.702. The molecule has 0 aliphatic heterocycles. The van der Waals surface area contributed by atoms with Crippen molar-refractivity contribution in [3.8, 4) is 11.4 Å². The fourth-order valence-corrected chi connectivity index (χ4v) is 6.16. The second-order valence-electron chi connectivity index (χ2n) is 10.9. The summed E-state index contributed by atoms with van der Waals surface area (Å²) in [6.45, 7) is 13.7. The number of aryl methyl sites for hydroxylation is 2. The van der Waals surface area contributed by atoms with Gasteiger partial charge in [-0.05, 0) is 78.3 Å². The molecule has 5 aromatic rings. The SMILES string of the molecule is CCC(CC)Cc1cc2c3ccccc3c3nnc(-c4c(C)cccc4C)n3c2cc1CC(CC)CC.